The maximum atomic E-state index is 5.62. The van der Waals surface area contributed by atoms with Crippen LogP contribution < -0.4 is 14.8 Å². The van der Waals surface area contributed by atoms with Crippen LogP contribution in [0.3, 0.4) is 0 Å². The third-order valence-corrected chi connectivity index (χ3v) is 3.25. The highest BCUT2D eigenvalue weighted by atomic mass is 16.6. The van der Waals surface area contributed by atoms with Crippen LogP contribution in [0.15, 0.2) is 36.7 Å². The first-order chi connectivity index (χ1) is 9.36. The molecule has 0 aliphatic carbocycles. The minimum absolute atomic E-state index is 0.190. The van der Waals surface area contributed by atoms with Crippen LogP contribution in [-0.4, -0.2) is 30.0 Å². The Hall–Kier alpha value is -2.01. The zero-order valence-electron chi connectivity index (χ0n) is 10.9. The van der Waals surface area contributed by atoms with Crippen LogP contribution in [-0.2, 0) is 6.54 Å². The maximum absolute atomic E-state index is 5.62. The summed E-state index contributed by atoms with van der Waals surface area (Å²) >= 11 is 0. The van der Waals surface area contributed by atoms with Crippen molar-refractivity contribution >= 4 is 0 Å². The first-order valence-electron chi connectivity index (χ1n) is 6.41. The second kappa shape index (κ2) is 5.32. The minimum atomic E-state index is 0.190. The van der Waals surface area contributed by atoms with Crippen LogP contribution in [0.2, 0.25) is 0 Å². The van der Waals surface area contributed by atoms with Crippen LogP contribution in [0, 0.1) is 0 Å². The largest absolute Gasteiger partial charge is 0.486 e. The van der Waals surface area contributed by atoms with Gasteiger partial charge >= 0.3 is 0 Å². The number of rotatable bonds is 4. The van der Waals surface area contributed by atoms with Crippen LogP contribution in [0.25, 0.3) is 0 Å². The van der Waals surface area contributed by atoms with Gasteiger partial charge in [0.05, 0.1) is 12.6 Å². The lowest BCUT2D eigenvalue weighted by Gasteiger charge is -2.22. The Bertz CT molecular complexity index is 540. The monoisotopic (exact) mass is 259 g/mol. The Balaban J connectivity index is 1.82. The number of hydrogen-bond acceptors (Lipinski definition) is 4. The summed E-state index contributed by atoms with van der Waals surface area (Å²) in [4.78, 5) is 0. The van der Waals surface area contributed by atoms with Gasteiger partial charge in [-0.25, -0.2) is 0 Å². The molecule has 1 aliphatic rings. The van der Waals surface area contributed by atoms with E-state index < -0.39 is 0 Å². The summed E-state index contributed by atoms with van der Waals surface area (Å²) in [6.07, 6.45) is 3.75. The van der Waals surface area contributed by atoms with E-state index >= 15 is 0 Å². The van der Waals surface area contributed by atoms with E-state index in [2.05, 4.69) is 16.5 Å². The van der Waals surface area contributed by atoms with Crippen molar-refractivity contribution in [2.45, 2.75) is 12.6 Å². The maximum Gasteiger partial charge on any atom is 0.161 e. The van der Waals surface area contributed by atoms with Crippen LogP contribution in [0.1, 0.15) is 11.6 Å². The van der Waals surface area contributed by atoms with E-state index in [1.165, 1.54) is 5.56 Å². The quantitative estimate of drug-likeness (QED) is 0.906. The van der Waals surface area contributed by atoms with E-state index in [0.717, 1.165) is 18.0 Å². The van der Waals surface area contributed by atoms with Gasteiger partial charge in [-0.2, -0.15) is 5.10 Å². The van der Waals surface area contributed by atoms with Crippen molar-refractivity contribution in [1.29, 1.82) is 0 Å². The average Bonchev–Trinajstić information content (AvgIpc) is 2.97. The molecule has 0 amide bonds. The van der Waals surface area contributed by atoms with E-state index in [9.17, 15) is 0 Å². The molecule has 0 saturated heterocycles. The summed E-state index contributed by atoms with van der Waals surface area (Å²) in [5.41, 5.74) is 1.17. The fraction of sp³-hybridized carbons (Fsp3) is 0.357. The Morgan fingerprint density at radius 3 is 2.89 bits per heavy atom. The van der Waals surface area contributed by atoms with Gasteiger partial charge < -0.3 is 14.8 Å². The Kier molecular flexibility index (Phi) is 3.37. The summed E-state index contributed by atoms with van der Waals surface area (Å²) in [6.45, 7) is 2.01. The fourth-order valence-corrected chi connectivity index (χ4v) is 2.24. The molecule has 0 radical (unpaired) electrons. The van der Waals surface area contributed by atoms with Crippen LogP contribution in [0.5, 0.6) is 11.5 Å². The van der Waals surface area contributed by atoms with Gasteiger partial charge in [-0.3, -0.25) is 4.68 Å². The molecular weight excluding hydrogens is 242 g/mol. The second-order valence-corrected chi connectivity index (χ2v) is 4.47. The molecule has 2 heterocycles. The molecule has 0 bridgehead atoms. The molecule has 1 aliphatic heterocycles. The number of aromatic nitrogens is 2. The molecular formula is C14H17N3O2. The van der Waals surface area contributed by atoms with Gasteiger partial charge in [-0.05, 0) is 30.8 Å². The molecule has 1 atom stereocenters. The summed E-state index contributed by atoms with van der Waals surface area (Å²) in [6, 6.07) is 8.20. The lowest BCUT2D eigenvalue weighted by atomic mass is 10.1. The number of benzene rings is 1. The minimum Gasteiger partial charge on any atom is -0.486 e. The molecule has 2 aromatic rings. The highest BCUT2D eigenvalue weighted by molar-refractivity contribution is 5.44. The fourth-order valence-electron chi connectivity index (χ4n) is 2.24. The number of ether oxygens (including phenoxy) is 2. The summed E-state index contributed by atoms with van der Waals surface area (Å²) < 4.78 is 13.1. The lowest BCUT2D eigenvalue weighted by Crippen LogP contribution is -2.23. The van der Waals surface area contributed by atoms with E-state index in [-0.39, 0.29) is 6.04 Å². The van der Waals surface area contributed by atoms with Crippen LogP contribution in [0.4, 0.5) is 0 Å². The smallest absolute Gasteiger partial charge is 0.161 e. The normalized spacial score (nSPS) is 15.2. The predicted octanol–water partition coefficient (Wildman–Crippen LogP) is 1.61. The van der Waals surface area contributed by atoms with Crippen molar-refractivity contribution in [3.8, 4) is 11.5 Å². The van der Waals surface area contributed by atoms with Crippen molar-refractivity contribution in [2.75, 3.05) is 20.3 Å². The Labute approximate surface area is 112 Å². The molecule has 100 valence electrons. The molecule has 1 unspecified atom stereocenters. The first kappa shape index (κ1) is 12.0. The molecule has 19 heavy (non-hydrogen) atoms. The summed E-state index contributed by atoms with van der Waals surface area (Å²) in [5.74, 6) is 1.65. The molecule has 1 aromatic heterocycles. The highest BCUT2D eigenvalue weighted by Gasteiger charge is 2.16. The van der Waals surface area contributed by atoms with Crippen molar-refractivity contribution in [3.05, 3.63) is 42.2 Å². The van der Waals surface area contributed by atoms with Gasteiger partial charge in [0.15, 0.2) is 11.5 Å². The van der Waals surface area contributed by atoms with Gasteiger partial charge in [-0.15, -0.1) is 0 Å². The SMILES string of the molecule is CNC(Cn1cccn1)c1ccc2c(c1)OCCO2. The molecule has 5 heteroatoms. The van der Waals surface area contributed by atoms with E-state index in [0.29, 0.717) is 13.2 Å². The van der Waals surface area contributed by atoms with Gasteiger partial charge in [0.1, 0.15) is 13.2 Å². The molecule has 3 rings (SSSR count). The summed E-state index contributed by atoms with van der Waals surface area (Å²) in [5, 5.41) is 7.54. The molecule has 0 saturated carbocycles. The first-order valence-corrected chi connectivity index (χ1v) is 6.41. The van der Waals surface area contributed by atoms with Crippen molar-refractivity contribution in [3.63, 3.8) is 0 Å². The third-order valence-electron chi connectivity index (χ3n) is 3.25. The van der Waals surface area contributed by atoms with Crippen LogP contribution >= 0.6 is 0 Å². The van der Waals surface area contributed by atoms with Gasteiger partial charge in [0.25, 0.3) is 0 Å². The molecule has 0 spiro atoms. The summed E-state index contributed by atoms with van der Waals surface area (Å²) in [7, 11) is 1.95. The highest BCUT2D eigenvalue weighted by Crippen LogP contribution is 2.32. The van der Waals surface area contributed by atoms with Gasteiger partial charge in [0.2, 0.25) is 0 Å². The molecule has 0 fully saturated rings. The van der Waals surface area contributed by atoms with Gasteiger partial charge in [-0.1, -0.05) is 6.07 Å². The Morgan fingerprint density at radius 2 is 2.16 bits per heavy atom. The number of likely N-dealkylation sites (N-methyl/N-ethyl adjacent to an activating group) is 1. The van der Waals surface area contributed by atoms with Crippen molar-refractivity contribution < 1.29 is 9.47 Å². The van der Waals surface area contributed by atoms with Gasteiger partial charge in [0, 0.05) is 12.4 Å². The number of fused-ring (bicyclic) bond motifs is 1. The molecule has 1 N–H and O–H groups in total. The zero-order chi connectivity index (χ0) is 13.1. The van der Waals surface area contributed by atoms with Crippen molar-refractivity contribution in [2.24, 2.45) is 0 Å². The number of nitrogens with zero attached hydrogens (tertiary/aromatic N) is 2. The molecule has 1 aromatic carbocycles. The average molecular weight is 259 g/mol. The van der Waals surface area contributed by atoms with E-state index in [1.807, 2.05) is 36.1 Å². The predicted molar refractivity (Wildman–Crippen MR) is 71.5 cm³/mol. The van der Waals surface area contributed by atoms with E-state index in [4.69, 9.17) is 9.47 Å². The lowest BCUT2D eigenvalue weighted by molar-refractivity contribution is 0.171. The number of hydrogen-bond donors (Lipinski definition) is 1. The zero-order valence-corrected chi connectivity index (χ0v) is 10.9. The Morgan fingerprint density at radius 1 is 1.32 bits per heavy atom. The third kappa shape index (κ3) is 2.56. The number of nitrogens with one attached hydrogen (secondary N) is 1. The second-order valence-electron chi connectivity index (χ2n) is 4.47. The van der Waals surface area contributed by atoms with E-state index in [1.54, 1.807) is 6.20 Å². The topological polar surface area (TPSA) is 48.3 Å². The molecule has 5 nitrogen and oxygen atoms in total. The van der Waals surface area contributed by atoms with Crippen molar-refractivity contribution in [1.82, 2.24) is 15.1 Å². The standard InChI is InChI=1S/C14H17N3O2/c1-15-12(10-17-6-2-5-16-17)11-3-4-13-14(9-11)19-8-7-18-13/h2-6,9,12,15H,7-8,10H2,1H3.